The normalized spacial score (nSPS) is 12.4. The molecule has 1 unspecified atom stereocenters. The minimum atomic E-state index is 0.105. The van der Waals surface area contributed by atoms with Crippen molar-refractivity contribution in [1.29, 1.82) is 0 Å². The van der Waals surface area contributed by atoms with Crippen LogP contribution in [0.4, 0.5) is 5.69 Å². The summed E-state index contributed by atoms with van der Waals surface area (Å²) in [4.78, 5) is 8.14. The van der Waals surface area contributed by atoms with Crippen LogP contribution in [0.15, 0.2) is 24.8 Å². The van der Waals surface area contributed by atoms with Crippen LogP contribution in [-0.2, 0) is 0 Å². The van der Waals surface area contributed by atoms with Gasteiger partial charge in [0.05, 0.1) is 6.04 Å². The zero-order valence-electron chi connectivity index (χ0n) is 8.73. The minimum absolute atomic E-state index is 0.105. The second-order valence-electron chi connectivity index (χ2n) is 3.43. The van der Waals surface area contributed by atoms with E-state index in [2.05, 4.69) is 25.5 Å². The molecule has 0 saturated carbocycles. The number of nitrogens with zero attached hydrogens (tertiary/aromatic N) is 3. The number of H-pyrrole nitrogens is 1. The number of anilines is 1. The predicted octanol–water partition coefficient (Wildman–Crippen LogP) is 1.68. The van der Waals surface area contributed by atoms with Gasteiger partial charge >= 0.3 is 0 Å². The molecule has 0 aromatic carbocycles. The lowest BCUT2D eigenvalue weighted by molar-refractivity contribution is 0.794. The molecule has 2 heterocycles. The van der Waals surface area contributed by atoms with Crippen molar-refractivity contribution in [1.82, 2.24) is 20.2 Å². The van der Waals surface area contributed by atoms with Gasteiger partial charge in [0.25, 0.3) is 0 Å². The highest BCUT2D eigenvalue weighted by atomic mass is 15.2. The molecule has 78 valence electrons. The molecule has 5 heteroatoms. The maximum Gasteiger partial charge on any atom is 0.146 e. The molecule has 2 aromatic heterocycles. The van der Waals surface area contributed by atoms with E-state index in [0.717, 1.165) is 17.1 Å². The van der Waals surface area contributed by atoms with E-state index in [4.69, 9.17) is 0 Å². The van der Waals surface area contributed by atoms with E-state index in [-0.39, 0.29) is 6.04 Å². The minimum Gasteiger partial charge on any atom is -0.375 e. The zero-order chi connectivity index (χ0) is 10.7. The van der Waals surface area contributed by atoms with Crippen LogP contribution in [0.1, 0.15) is 24.4 Å². The van der Waals surface area contributed by atoms with Gasteiger partial charge in [-0.15, -0.1) is 0 Å². The first kappa shape index (κ1) is 9.64. The molecule has 0 radical (unpaired) electrons. The third-order valence-corrected chi connectivity index (χ3v) is 2.24. The largest absolute Gasteiger partial charge is 0.375 e. The quantitative estimate of drug-likeness (QED) is 0.796. The van der Waals surface area contributed by atoms with Gasteiger partial charge in [-0.05, 0) is 25.5 Å². The Morgan fingerprint density at radius 3 is 3.00 bits per heavy atom. The Morgan fingerprint density at radius 1 is 1.47 bits per heavy atom. The van der Waals surface area contributed by atoms with Gasteiger partial charge in [0.1, 0.15) is 12.2 Å². The van der Waals surface area contributed by atoms with Crippen molar-refractivity contribution in [3.63, 3.8) is 0 Å². The van der Waals surface area contributed by atoms with E-state index in [1.54, 1.807) is 6.20 Å². The van der Waals surface area contributed by atoms with Crippen LogP contribution in [0.5, 0.6) is 0 Å². The highest BCUT2D eigenvalue weighted by Gasteiger charge is 2.08. The lowest BCUT2D eigenvalue weighted by Gasteiger charge is -2.13. The molecule has 0 saturated heterocycles. The van der Waals surface area contributed by atoms with E-state index in [9.17, 15) is 0 Å². The first-order valence-electron chi connectivity index (χ1n) is 4.80. The van der Waals surface area contributed by atoms with Gasteiger partial charge in [-0.25, -0.2) is 4.98 Å². The second kappa shape index (κ2) is 4.08. The van der Waals surface area contributed by atoms with Crippen molar-refractivity contribution in [3.8, 4) is 0 Å². The zero-order valence-corrected chi connectivity index (χ0v) is 8.73. The number of nitrogens with one attached hydrogen (secondary N) is 2. The molecular weight excluding hydrogens is 190 g/mol. The van der Waals surface area contributed by atoms with Crippen molar-refractivity contribution in [2.45, 2.75) is 19.9 Å². The molecule has 2 rings (SSSR count). The van der Waals surface area contributed by atoms with Gasteiger partial charge in [-0.2, -0.15) is 5.10 Å². The van der Waals surface area contributed by atoms with Gasteiger partial charge in [0, 0.05) is 18.1 Å². The summed E-state index contributed by atoms with van der Waals surface area (Å²) in [6.45, 7) is 4.04. The Balaban J connectivity index is 2.13. The summed E-state index contributed by atoms with van der Waals surface area (Å²) >= 11 is 0. The summed E-state index contributed by atoms with van der Waals surface area (Å²) in [5.74, 6) is 0.825. The molecular formula is C10H13N5. The molecule has 15 heavy (non-hydrogen) atoms. The molecule has 0 aliphatic carbocycles. The monoisotopic (exact) mass is 203 g/mol. The topological polar surface area (TPSA) is 66.5 Å². The standard InChI is InChI=1S/C10H13N5/c1-7-5-11-4-3-9(7)14-8(2)10-12-6-13-15-10/h3-6,8H,1-2H3,(H,11,14)(H,12,13,15). The van der Waals surface area contributed by atoms with Crippen LogP contribution in [0.3, 0.4) is 0 Å². The van der Waals surface area contributed by atoms with Gasteiger partial charge in [-0.1, -0.05) is 0 Å². The number of pyridine rings is 1. The first-order chi connectivity index (χ1) is 7.27. The van der Waals surface area contributed by atoms with Crippen LogP contribution in [-0.4, -0.2) is 20.2 Å². The lowest BCUT2D eigenvalue weighted by atomic mass is 10.2. The number of aromatic nitrogens is 4. The van der Waals surface area contributed by atoms with Crippen LogP contribution in [0.2, 0.25) is 0 Å². The number of hydrogen-bond donors (Lipinski definition) is 2. The fraction of sp³-hybridized carbons (Fsp3) is 0.300. The van der Waals surface area contributed by atoms with Crippen molar-refractivity contribution < 1.29 is 0 Å². The highest BCUT2D eigenvalue weighted by molar-refractivity contribution is 5.49. The third kappa shape index (κ3) is 2.12. The Hall–Kier alpha value is -1.91. The molecule has 0 aliphatic rings. The van der Waals surface area contributed by atoms with Crippen LogP contribution in [0.25, 0.3) is 0 Å². The van der Waals surface area contributed by atoms with Gasteiger partial charge in [0.2, 0.25) is 0 Å². The van der Waals surface area contributed by atoms with E-state index >= 15 is 0 Å². The molecule has 0 amide bonds. The van der Waals surface area contributed by atoms with Crippen molar-refractivity contribution >= 4 is 5.69 Å². The number of aromatic amines is 1. The van der Waals surface area contributed by atoms with Crippen LogP contribution < -0.4 is 5.32 Å². The molecule has 1 atom stereocenters. The Labute approximate surface area is 88.0 Å². The lowest BCUT2D eigenvalue weighted by Crippen LogP contribution is -2.09. The Kier molecular flexibility index (Phi) is 2.62. The van der Waals surface area contributed by atoms with Crippen molar-refractivity contribution in [2.75, 3.05) is 5.32 Å². The van der Waals surface area contributed by atoms with E-state index in [1.165, 1.54) is 6.33 Å². The van der Waals surface area contributed by atoms with Crippen LogP contribution in [0, 0.1) is 6.92 Å². The van der Waals surface area contributed by atoms with Gasteiger partial charge < -0.3 is 5.32 Å². The van der Waals surface area contributed by atoms with Crippen molar-refractivity contribution in [3.05, 3.63) is 36.2 Å². The number of aryl methyl sites for hydroxylation is 1. The third-order valence-electron chi connectivity index (χ3n) is 2.24. The van der Waals surface area contributed by atoms with Gasteiger partial charge in [0.15, 0.2) is 0 Å². The summed E-state index contributed by atoms with van der Waals surface area (Å²) in [6.07, 6.45) is 5.10. The SMILES string of the molecule is Cc1cnccc1NC(C)c1ncn[nH]1. The highest BCUT2D eigenvalue weighted by Crippen LogP contribution is 2.18. The fourth-order valence-corrected chi connectivity index (χ4v) is 1.36. The molecule has 2 aromatic rings. The molecule has 0 fully saturated rings. The fourth-order valence-electron chi connectivity index (χ4n) is 1.36. The molecule has 2 N–H and O–H groups in total. The summed E-state index contributed by atoms with van der Waals surface area (Å²) < 4.78 is 0. The van der Waals surface area contributed by atoms with E-state index in [1.807, 2.05) is 26.1 Å². The summed E-state index contributed by atoms with van der Waals surface area (Å²) in [5.41, 5.74) is 2.18. The Bertz CT molecular complexity index is 423. The molecule has 0 spiro atoms. The van der Waals surface area contributed by atoms with E-state index in [0.29, 0.717) is 0 Å². The molecule has 5 nitrogen and oxygen atoms in total. The first-order valence-corrected chi connectivity index (χ1v) is 4.80. The summed E-state index contributed by atoms with van der Waals surface area (Å²) in [7, 11) is 0. The number of rotatable bonds is 3. The Morgan fingerprint density at radius 2 is 2.33 bits per heavy atom. The van der Waals surface area contributed by atoms with Gasteiger partial charge in [-0.3, -0.25) is 10.1 Å². The second-order valence-corrected chi connectivity index (χ2v) is 3.43. The average molecular weight is 203 g/mol. The summed E-state index contributed by atoms with van der Waals surface area (Å²) in [6, 6.07) is 2.05. The smallest absolute Gasteiger partial charge is 0.146 e. The molecule has 0 aliphatic heterocycles. The predicted molar refractivity (Wildman–Crippen MR) is 57.4 cm³/mol. The molecule has 0 bridgehead atoms. The average Bonchev–Trinajstić information content (AvgIpc) is 2.74. The van der Waals surface area contributed by atoms with Crippen LogP contribution >= 0.6 is 0 Å². The van der Waals surface area contributed by atoms with Crippen molar-refractivity contribution in [2.24, 2.45) is 0 Å². The van der Waals surface area contributed by atoms with E-state index < -0.39 is 0 Å². The summed E-state index contributed by atoms with van der Waals surface area (Å²) in [5, 5.41) is 10.00. The maximum atomic E-state index is 4.10. The maximum absolute atomic E-state index is 4.10. The number of hydrogen-bond acceptors (Lipinski definition) is 4.